The Morgan fingerprint density at radius 3 is 2.38 bits per heavy atom. The van der Waals surface area contributed by atoms with E-state index in [2.05, 4.69) is 15.7 Å². The monoisotopic (exact) mass is 498 g/mol. The van der Waals surface area contributed by atoms with Gasteiger partial charge in [0.15, 0.2) is 0 Å². The molecule has 3 aromatic rings. The summed E-state index contributed by atoms with van der Waals surface area (Å²) in [6.45, 7) is 1.64. The van der Waals surface area contributed by atoms with Gasteiger partial charge in [-0.2, -0.15) is 5.10 Å². The Balaban J connectivity index is 1.00. The van der Waals surface area contributed by atoms with Crippen molar-refractivity contribution in [2.75, 3.05) is 11.9 Å². The van der Waals surface area contributed by atoms with Gasteiger partial charge in [-0.3, -0.25) is 14.3 Å². The molecule has 2 aromatic carbocycles. The zero-order valence-corrected chi connectivity index (χ0v) is 21.1. The van der Waals surface area contributed by atoms with Crippen LogP contribution in [-0.4, -0.2) is 28.2 Å². The number of nitrogens with one attached hydrogen (secondary N) is 2. The van der Waals surface area contributed by atoms with Crippen molar-refractivity contribution >= 4 is 17.5 Å². The molecule has 2 amide bonds. The third-order valence-electron chi connectivity index (χ3n) is 8.43. The fraction of sp³-hybridized carbons (Fsp3) is 0.433. The maximum Gasteiger partial charge on any atom is 0.255 e. The van der Waals surface area contributed by atoms with Crippen LogP contribution >= 0.6 is 0 Å². The molecule has 0 spiro atoms. The first-order chi connectivity index (χ1) is 18.0. The van der Waals surface area contributed by atoms with Crippen molar-refractivity contribution in [1.29, 1.82) is 0 Å². The summed E-state index contributed by atoms with van der Waals surface area (Å²) < 4.78 is 7.61. The molecule has 2 N–H and O–H groups in total. The number of nitrogens with zero attached hydrogens (tertiary/aromatic N) is 2. The van der Waals surface area contributed by atoms with Crippen LogP contribution in [-0.2, 0) is 17.9 Å². The molecule has 0 atom stereocenters. The van der Waals surface area contributed by atoms with E-state index >= 15 is 0 Å². The number of hydrogen-bond donors (Lipinski definition) is 2. The van der Waals surface area contributed by atoms with Gasteiger partial charge in [-0.1, -0.05) is 18.2 Å². The second-order valence-corrected chi connectivity index (χ2v) is 11.2. The SMILES string of the molecule is O=C(Nc1cccc(OCCn2cccn2)c1)c1ccc(CNC(=O)C23CC4CC(CC(C4)C2)C3)cc1. The molecule has 192 valence electrons. The minimum absolute atomic E-state index is 0.133. The molecular weight excluding hydrogens is 464 g/mol. The van der Waals surface area contributed by atoms with Crippen LogP contribution in [0.1, 0.15) is 54.4 Å². The predicted octanol–water partition coefficient (Wildman–Crippen LogP) is 5.05. The van der Waals surface area contributed by atoms with E-state index in [9.17, 15) is 9.59 Å². The van der Waals surface area contributed by atoms with Crippen molar-refractivity contribution in [2.45, 2.75) is 51.6 Å². The van der Waals surface area contributed by atoms with Gasteiger partial charge in [0.2, 0.25) is 5.91 Å². The minimum atomic E-state index is -0.183. The van der Waals surface area contributed by atoms with E-state index in [0.717, 1.165) is 42.6 Å². The molecule has 37 heavy (non-hydrogen) atoms. The first kappa shape index (κ1) is 23.8. The number of carbonyl (C=O) groups is 2. The van der Waals surface area contributed by atoms with Crippen LogP contribution < -0.4 is 15.4 Å². The van der Waals surface area contributed by atoms with Gasteiger partial charge >= 0.3 is 0 Å². The van der Waals surface area contributed by atoms with Crippen molar-refractivity contribution in [1.82, 2.24) is 15.1 Å². The Kier molecular flexibility index (Phi) is 6.45. The summed E-state index contributed by atoms with van der Waals surface area (Å²) in [5.74, 6) is 3.01. The Bertz CT molecular complexity index is 1220. The van der Waals surface area contributed by atoms with E-state index in [1.165, 1.54) is 19.3 Å². The fourth-order valence-corrected chi connectivity index (χ4v) is 7.09. The maximum atomic E-state index is 13.2. The topological polar surface area (TPSA) is 85.2 Å². The molecule has 0 radical (unpaired) electrons. The molecule has 0 saturated heterocycles. The quantitative estimate of drug-likeness (QED) is 0.433. The number of hydrogen-bond acceptors (Lipinski definition) is 4. The summed E-state index contributed by atoms with van der Waals surface area (Å²) in [6, 6.07) is 16.7. The number of anilines is 1. The Morgan fingerprint density at radius 2 is 1.70 bits per heavy atom. The Morgan fingerprint density at radius 1 is 0.973 bits per heavy atom. The first-order valence-electron chi connectivity index (χ1n) is 13.4. The van der Waals surface area contributed by atoms with Crippen LogP contribution in [0.25, 0.3) is 0 Å². The van der Waals surface area contributed by atoms with Crippen LogP contribution in [0.2, 0.25) is 0 Å². The summed E-state index contributed by atoms with van der Waals surface area (Å²) in [5, 5.41) is 10.3. The highest BCUT2D eigenvalue weighted by molar-refractivity contribution is 6.04. The average Bonchev–Trinajstić information content (AvgIpc) is 3.41. The summed E-state index contributed by atoms with van der Waals surface area (Å²) in [7, 11) is 0. The zero-order valence-electron chi connectivity index (χ0n) is 21.1. The van der Waals surface area contributed by atoms with E-state index < -0.39 is 0 Å². The number of ether oxygens (including phenoxy) is 1. The summed E-state index contributed by atoms with van der Waals surface area (Å²) >= 11 is 0. The van der Waals surface area contributed by atoms with Crippen LogP contribution in [0.15, 0.2) is 67.0 Å². The Labute approximate surface area is 217 Å². The van der Waals surface area contributed by atoms with Crippen LogP contribution in [0, 0.1) is 23.2 Å². The van der Waals surface area contributed by atoms with E-state index in [4.69, 9.17) is 4.74 Å². The molecule has 1 heterocycles. The van der Waals surface area contributed by atoms with Gasteiger partial charge in [0.1, 0.15) is 12.4 Å². The molecule has 7 heteroatoms. The highest BCUT2D eigenvalue weighted by Gasteiger charge is 2.54. The van der Waals surface area contributed by atoms with Crippen molar-refractivity contribution in [3.8, 4) is 5.75 Å². The summed E-state index contributed by atoms with van der Waals surface area (Å²) in [6.07, 6.45) is 10.8. The molecule has 0 aliphatic heterocycles. The van der Waals surface area contributed by atoms with E-state index in [0.29, 0.717) is 36.7 Å². The van der Waals surface area contributed by atoms with Crippen LogP contribution in [0.5, 0.6) is 5.75 Å². The Hall–Kier alpha value is -3.61. The predicted molar refractivity (Wildman–Crippen MR) is 141 cm³/mol. The summed E-state index contributed by atoms with van der Waals surface area (Å²) in [4.78, 5) is 26.0. The normalized spacial score (nSPS) is 25.6. The molecule has 4 saturated carbocycles. The number of benzene rings is 2. The number of amides is 2. The molecule has 7 nitrogen and oxygen atoms in total. The molecule has 4 aliphatic rings. The third-order valence-corrected chi connectivity index (χ3v) is 8.43. The number of aromatic nitrogens is 2. The first-order valence-corrected chi connectivity index (χ1v) is 13.4. The molecular formula is C30H34N4O3. The van der Waals surface area contributed by atoms with Crippen molar-refractivity contribution in [2.24, 2.45) is 23.2 Å². The third kappa shape index (κ3) is 5.26. The smallest absolute Gasteiger partial charge is 0.255 e. The lowest BCUT2D eigenvalue weighted by atomic mass is 9.49. The second-order valence-electron chi connectivity index (χ2n) is 11.2. The van der Waals surface area contributed by atoms with Gasteiger partial charge in [-0.05, 0) is 92.2 Å². The standard InChI is InChI=1S/C30H34N4O3/c35-28(33-26-3-1-4-27(16-26)37-12-11-34-10-2-9-32-34)25-7-5-21(6-8-25)20-31-29(36)30-17-22-13-23(18-30)15-24(14-22)19-30/h1-10,16,22-24H,11-15,17-20H2,(H,31,36)(H,33,35). The largest absolute Gasteiger partial charge is 0.492 e. The maximum absolute atomic E-state index is 13.2. The van der Waals surface area contributed by atoms with Gasteiger partial charge in [0.05, 0.1) is 6.54 Å². The van der Waals surface area contributed by atoms with E-state index in [1.54, 1.807) is 6.20 Å². The summed E-state index contributed by atoms with van der Waals surface area (Å²) in [5.41, 5.74) is 2.11. The molecule has 4 fully saturated rings. The van der Waals surface area contributed by atoms with Crippen LogP contribution in [0.4, 0.5) is 5.69 Å². The van der Waals surface area contributed by atoms with E-state index in [1.807, 2.05) is 65.5 Å². The second kappa shape index (κ2) is 10.0. The lowest BCUT2D eigenvalue weighted by Crippen LogP contribution is -2.53. The molecule has 4 bridgehead atoms. The lowest BCUT2D eigenvalue weighted by Gasteiger charge is -2.55. The molecule has 7 rings (SSSR count). The van der Waals surface area contributed by atoms with Gasteiger partial charge in [0, 0.05) is 41.7 Å². The number of carbonyl (C=O) groups excluding carboxylic acids is 2. The van der Waals surface area contributed by atoms with Crippen molar-refractivity contribution in [3.05, 3.63) is 78.1 Å². The van der Waals surface area contributed by atoms with E-state index in [-0.39, 0.29) is 17.2 Å². The highest BCUT2D eigenvalue weighted by Crippen LogP contribution is 2.60. The van der Waals surface area contributed by atoms with Gasteiger partial charge in [0.25, 0.3) is 5.91 Å². The fourth-order valence-electron chi connectivity index (χ4n) is 7.09. The molecule has 0 unspecified atom stereocenters. The van der Waals surface area contributed by atoms with Gasteiger partial charge < -0.3 is 15.4 Å². The number of rotatable bonds is 9. The highest BCUT2D eigenvalue weighted by atomic mass is 16.5. The van der Waals surface area contributed by atoms with Crippen LogP contribution in [0.3, 0.4) is 0 Å². The van der Waals surface area contributed by atoms with Gasteiger partial charge in [-0.25, -0.2) is 0 Å². The van der Waals surface area contributed by atoms with Crippen molar-refractivity contribution in [3.63, 3.8) is 0 Å². The average molecular weight is 499 g/mol. The minimum Gasteiger partial charge on any atom is -0.492 e. The van der Waals surface area contributed by atoms with Crippen molar-refractivity contribution < 1.29 is 14.3 Å². The zero-order chi connectivity index (χ0) is 25.2. The molecule has 1 aromatic heterocycles. The molecule has 4 aliphatic carbocycles. The van der Waals surface area contributed by atoms with Gasteiger partial charge in [-0.15, -0.1) is 0 Å². The lowest BCUT2D eigenvalue weighted by molar-refractivity contribution is -0.146.